The van der Waals surface area contributed by atoms with Gasteiger partial charge in [0.1, 0.15) is 23.3 Å². The summed E-state index contributed by atoms with van der Waals surface area (Å²) in [5.74, 6) is -1.92. The lowest BCUT2D eigenvalue weighted by atomic mass is 9.86. The van der Waals surface area contributed by atoms with Crippen LogP contribution >= 0.6 is 0 Å². The molecule has 18 heteroatoms. The van der Waals surface area contributed by atoms with Crippen LogP contribution in [0.4, 0.5) is 17.6 Å². The van der Waals surface area contributed by atoms with E-state index in [2.05, 4.69) is 29.8 Å². The average molecular weight is 1060 g/mol. The van der Waals surface area contributed by atoms with E-state index in [9.17, 15) is 19.0 Å². The molecule has 0 spiro atoms. The Hall–Kier alpha value is -7.38. The molecule has 14 nitrogen and oxygen atoms in total. The zero-order valence-corrected chi connectivity index (χ0v) is 44.9. The fourth-order valence-electron chi connectivity index (χ4n) is 11.9. The number of rotatable bonds is 10. The molecule has 78 heavy (non-hydrogen) atoms. The van der Waals surface area contributed by atoms with Crippen molar-refractivity contribution < 1.29 is 37.2 Å². The Labute approximate surface area is 448 Å². The van der Waals surface area contributed by atoms with Crippen molar-refractivity contribution in [1.82, 2.24) is 49.1 Å². The van der Waals surface area contributed by atoms with Crippen molar-refractivity contribution in [2.24, 2.45) is 25.9 Å². The molecule has 4 aromatic carbocycles. The number of pyridine rings is 2. The van der Waals surface area contributed by atoms with E-state index in [-0.39, 0.29) is 23.0 Å². The highest BCUT2D eigenvalue weighted by Crippen LogP contribution is 2.45. The Kier molecular flexibility index (Phi) is 13.8. The summed E-state index contributed by atoms with van der Waals surface area (Å²) >= 11 is 0. The molecule has 12 rings (SSSR count). The Balaban J connectivity index is 0.000000165. The van der Waals surface area contributed by atoms with Gasteiger partial charge < -0.3 is 28.8 Å². The largest absolute Gasteiger partial charge is 0.386 e. The highest BCUT2D eigenvalue weighted by molar-refractivity contribution is 6.08. The Bertz CT molecular complexity index is 3600. The van der Waals surface area contributed by atoms with Crippen molar-refractivity contribution in [3.8, 4) is 22.5 Å². The quantitative estimate of drug-likeness (QED) is 0.126. The first-order chi connectivity index (χ1) is 37.3. The Morgan fingerprint density at radius 1 is 0.526 bits per heavy atom. The van der Waals surface area contributed by atoms with Crippen molar-refractivity contribution in [2.75, 3.05) is 26.4 Å². The molecule has 0 aliphatic carbocycles. The maximum absolute atomic E-state index is 15.6. The molecule has 0 amide bonds. The molecule has 2 N–H and O–H groups in total. The minimum Gasteiger partial charge on any atom is -0.386 e. The van der Waals surface area contributed by atoms with Crippen LogP contribution in [0.5, 0.6) is 0 Å². The zero-order valence-electron chi connectivity index (χ0n) is 44.9. The zero-order chi connectivity index (χ0) is 54.9. The molecule has 2 unspecified atom stereocenters. The molecule has 6 aromatic heterocycles. The van der Waals surface area contributed by atoms with E-state index in [0.29, 0.717) is 52.1 Å². The lowest BCUT2D eigenvalue weighted by Crippen LogP contribution is -2.28. The van der Waals surface area contributed by atoms with Crippen LogP contribution < -0.4 is 0 Å². The van der Waals surface area contributed by atoms with Gasteiger partial charge in [-0.15, -0.1) is 10.2 Å². The fraction of sp³-hybridized carbons (Fsp3) is 0.367. The topological polar surface area (TPSA) is 156 Å². The van der Waals surface area contributed by atoms with E-state index >= 15 is 8.78 Å². The minimum atomic E-state index is -1.09. The van der Waals surface area contributed by atoms with Gasteiger partial charge in [0.15, 0.2) is 0 Å². The highest BCUT2D eigenvalue weighted by atomic mass is 19.1. The van der Waals surface area contributed by atoms with E-state index in [1.165, 1.54) is 24.3 Å². The first-order valence-corrected chi connectivity index (χ1v) is 26.4. The van der Waals surface area contributed by atoms with Crippen LogP contribution in [0, 0.1) is 49.0 Å². The van der Waals surface area contributed by atoms with Crippen LogP contribution in [0.3, 0.4) is 0 Å². The molecular formula is C60H62F4N10O4. The summed E-state index contributed by atoms with van der Waals surface area (Å²) in [5.41, 5.74) is 9.35. The molecule has 8 heterocycles. The van der Waals surface area contributed by atoms with E-state index < -0.39 is 46.6 Å². The number of ether oxygens (including phenoxy) is 2. The predicted octanol–water partition coefficient (Wildman–Crippen LogP) is 11.6. The SMILES string of the molecule is Cc1nnn(C)c1-c1cnc2c3ccc(C(C)(C)O)cc3n(C(c3cc(F)ccc3F)C3CCOCC3)c2c1.Cc1nnn(C)c1-c1cnc2c3ccc(C(C)(C)O)cc3n(C(c3cc(F)ccc3F)C3CCOCC3)c2c1. The summed E-state index contributed by atoms with van der Waals surface area (Å²) < 4.78 is 79.3. The second-order valence-corrected chi connectivity index (χ2v) is 21.9. The smallest absolute Gasteiger partial charge is 0.128 e. The molecule has 0 radical (unpaired) electrons. The van der Waals surface area contributed by atoms with Gasteiger partial charge in [-0.25, -0.2) is 26.9 Å². The van der Waals surface area contributed by atoms with Gasteiger partial charge in [-0.05, 0) is 151 Å². The summed E-state index contributed by atoms with van der Waals surface area (Å²) in [7, 11) is 3.66. The number of aromatic nitrogens is 10. The second-order valence-electron chi connectivity index (χ2n) is 21.9. The molecule has 2 aliphatic heterocycles. The van der Waals surface area contributed by atoms with Gasteiger partial charge in [-0.3, -0.25) is 9.97 Å². The number of halogens is 4. The molecule has 0 saturated carbocycles. The maximum Gasteiger partial charge on any atom is 0.128 e. The molecule has 0 bridgehead atoms. The third-order valence-electron chi connectivity index (χ3n) is 15.8. The first kappa shape index (κ1) is 52.7. The second kappa shape index (κ2) is 20.4. The lowest BCUT2D eigenvalue weighted by Gasteiger charge is -2.33. The van der Waals surface area contributed by atoms with Crippen molar-refractivity contribution >= 4 is 43.9 Å². The van der Waals surface area contributed by atoms with Gasteiger partial charge in [0, 0.05) is 85.9 Å². The van der Waals surface area contributed by atoms with Crippen molar-refractivity contribution in [2.45, 2.75) is 90.5 Å². The summed E-state index contributed by atoms with van der Waals surface area (Å²) in [6.45, 7) is 12.9. The van der Waals surface area contributed by atoms with Crippen LogP contribution in [0.2, 0.25) is 0 Å². The number of aryl methyl sites for hydroxylation is 4. The van der Waals surface area contributed by atoms with E-state index in [1.807, 2.05) is 76.5 Å². The molecule has 404 valence electrons. The monoisotopic (exact) mass is 1060 g/mol. The van der Waals surface area contributed by atoms with E-state index in [1.54, 1.807) is 49.5 Å². The third kappa shape index (κ3) is 9.62. The minimum absolute atomic E-state index is 0.0107. The van der Waals surface area contributed by atoms with Gasteiger partial charge >= 0.3 is 0 Å². The molecule has 2 aliphatic rings. The number of fused-ring (bicyclic) bond motifs is 6. The van der Waals surface area contributed by atoms with Crippen LogP contribution in [0.1, 0.15) is 99.1 Å². The highest BCUT2D eigenvalue weighted by Gasteiger charge is 2.35. The molecular weight excluding hydrogens is 1000 g/mol. The van der Waals surface area contributed by atoms with Gasteiger partial charge in [0.2, 0.25) is 0 Å². The van der Waals surface area contributed by atoms with E-state index in [0.717, 1.165) is 101 Å². The van der Waals surface area contributed by atoms with Crippen molar-refractivity contribution in [3.63, 3.8) is 0 Å². The normalized spacial score (nSPS) is 15.9. The lowest BCUT2D eigenvalue weighted by molar-refractivity contribution is 0.0547. The van der Waals surface area contributed by atoms with Crippen LogP contribution in [0.15, 0.2) is 97.3 Å². The predicted molar refractivity (Wildman–Crippen MR) is 291 cm³/mol. The number of hydrogen-bond acceptors (Lipinski definition) is 10. The van der Waals surface area contributed by atoms with Crippen LogP contribution in [0.25, 0.3) is 66.4 Å². The maximum atomic E-state index is 15.6. The summed E-state index contributed by atoms with van der Waals surface area (Å²) in [4.78, 5) is 9.75. The van der Waals surface area contributed by atoms with Gasteiger partial charge in [0.05, 0.1) is 79.2 Å². The van der Waals surface area contributed by atoms with Crippen LogP contribution in [-0.4, -0.2) is 85.7 Å². The van der Waals surface area contributed by atoms with E-state index in [4.69, 9.17) is 19.4 Å². The third-order valence-corrected chi connectivity index (χ3v) is 15.8. The summed E-state index contributed by atoms with van der Waals surface area (Å²) in [6.07, 6.45) is 6.40. The van der Waals surface area contributed by atoms with Crippen molar-refractivity contribution in [3.05, 3.63) is 154 Å². The molecule has 2 fully saturated rings. The number of benzene rings is 4. The molecule has 2 atom stereocenters. The number of hydrogen-bond donors (Lipinski definition) is 2. The summed E-state index contributed by atoms with van der Waals surface area (Å²) in [6, 6.07) is 21.9. The Morgan fingerprint density at radius 2 is 0.910 bits per heavy atom. The van der Waals surface area contributed by atoms with Crippen molar-refractivity contribution in [1.29, 1.82) is 0 Å². The average Bonchev–Trinajstić information content (AvgIpc) is 4.36. The number of aliphatic hydroxyl groups is 2. The molecule has 2 saturated heterocycles. The Morgan fingerprint density at radius 3 is 1.26 bits per heavy atom. The van der Waals surface area contributed by atoms with Gasteiger partial charge in [-0.1, -0.05) is 34.7 Å². The standard InChI is InChI=1S/2C30H31F2N5O2/c2*1-17-28(36(4)35-34-17)19-13-26-27(33-16-19)22-7-5-20(30(2,3)38)14-25(22)37(26)29(18-9-11-39-12-10-18)23-15-21(31)6-8-24(23)32/h2*5-8,13-16,18,29,38H,9-12H2,1-4H3. The fourth-order valence-corrected chi connectivity index (χ4v) is 11.9. The van der Waals surface area contributed by atoms with Crippen LogP contribution in [-0.2, 0) is 34.8 Å². The number of nitrogens with zero attached hydrogens (tertiary/aromatic N) is 10. The first-order valence-electron chi connectivity index (χ1n) is 26.4. The summed E-state index contributed by atoms with van der Waals surface area (Å²) in [5, 5.41) is 40.2. The van der Waals surface area contributed by atoms with Gasteiger partial charge in [-0.2, -0.15) is 0 Å². The van der Waals surface area contributed by atoms with Gasteiger partial charge in [0.25, 0.3) is 0 Å². The molecule has 10 aromatic rings.